The van der Waals surface area contributed by atoms with Crippen molar-refractivity contribution in [2.45, 2.75) is 78.9 Å². The summed E-state index contributed by atoms with van der Waals surface area (Å²) in [4.78, 5) is 0. The van der Waals surface area contributed by atoms with Crippen LogP contribution in [0.3, 0.4) is 0 Å². The first-order valence-electron chi connectivity index (χ1n) is 6.28. The molecule has 0 rings (SSSR count). The minimum absolute atomic E-state index is 0.407. The molecule has 1 heteroatoms. The third kappa shape index (κ3) is 3.33. The average molecular weight is 195 g/mol. The van der Waals surface area contributed by atoms with Gasteiger partial charge in [-0.15, -0.1) is 0 Å². The Hall–Kier alpha value is 0.0649. The Kier molecular flexibility index (Phi) is 5.85. The third-order valence-electron chi connectivity index (χ3n) is 3.85. The van der Waals surface area contributed by atoms with Crippen molar-refractivity contribution >= 4 is 7.28 Å². The van der Waals surface area contributed by atoms with E-state index in [0.717, 1.165) is 0 Å². The van der Waals surface area contributed by atoms with Crippen LogP contribution in [0.5, 0.6) is 0 Å². The quantitative estimate of drug-likeness (QED) is 0.416. The molecule has 0 unspecified atom stereocenters. The molecular weight excluding hydrogens is 167 g/mol. The summed E-state index contributed by atoms with van der Waals surface area (Å²) < 4.78 is 0. The zero-order chi connectivity index (χ0) is 11.2. The molecule has 1 radical (unpaired) electrons. The monoisotopic (exact) mass is 195 g/mol. The summed E-state index contributed by atoms with van der Waals surface area (Å²) in [5.41, 5.74) is 0.407. The summed E-state index contributed by atoms with van der Waals surface area (Å²) in [5.74, 6) is 0. The average Bonchev–Trinajstić information content (AvgIpc) is 2.11. The Labute approximate surface area is 92.1 Å². The molecule has 0 aromatic heterocycles. The lowest BCUT2D eigenvalue weighted by atomic mass is 9.39. The van der Waals surface area contributed by atoms with E-state index in [2.05, 4.69) is 48.8 Å². The Balaban J connectivity index is 4.39. The number of hydrogen-bond acceptors (Lipinski definition) is 0. The van der Waals surface area contributed by atoms with Crippen LogP contribution in [-0.4, -0.2) is 7.28 Å². The molecule has 0 N–H and O–H groups in total. The van der Waals surface area contributed by atoms with Crippen molar-refractivity contribution in [3.63, 3.8) is 0 Å². The molecule has 0 bridgehead atoms. The zero-order valence-electron chi connectivity index (χ0n) is 11.1. The molecule has 0 aliphatic rings. The second-order valence-corrected chi connectivity index (χ2v) is 5.46. The van der Waals surface area contributed by atoms with E-state index in [1.807, 2.05) is 0 Å². The van der Waals surface area contributed by atoms with E-state index >= 15 is 0 Å². The standard InChI is InChI=1S/C13H28B/c1-7-10-11-14-13(8-2,9-3)12(4,5)6/h7-11H2,1-6H3. The summed E-state index contributed by atoms with van der Waals surface area (Å²) >= 11 is 0. The highest BCUT2D eigenvalue weighted by Crippen LogP contribution is 2.51. The predicted molar refractivity (Wildman–Crippen MR) is 68.2 cm³/mol. The van der Waals surface area contributed by atoms with Crippen molar-refractivity contribution < 1.29 is 0 Å². The molecule has 0 saturated heterocycles. The fraction of sp³-hybridized carbons (Fsp3) is 1.00. The van der Waals surface area contributed by atoms with E-state index in [4.69, 9.17) is 0 Å². The SMILES string of the molecule is CCCC[B]C(CC)(CC)C(C)(C)C. The van der Waals surface area contributed by atoms with E-state index < -0.39 is 0 Å². The second-order valence-electron chi connectivity index (χ2n) is 5.46. The second kappa shape index (κ2) is 5.83. The van der Waals surface area contributed by atoms with Gasteiger partial charge in [0, 0.05) is 0 Å². The molecule has 0 fully saturated rings. The summed E-state index contributed by atoms with van der Waals surface area (Å²) in [6.07, 6.45) is 6.49. The topological polar surface area (TPSA) is 0 Å². The van der Waals surface area contributed by atoms with Gasteiger partial charge in [-0.3, -0.25) is 0 Å². The first-order valence-corrected chi connectivity index (χ1v) is 6.28. The van der Waals surface area contributed by atoms with Crippen LogP contribution in [0.25, 0.3) is 0 Å². The van der Waals surface area contributed by atoms with Gasteiger partial charge in [-0.25, -0.2) is 0 Å². The minimum Gasteiger partial charge on any atom is -0.0796 e. The summed E-state index contributed by atoms with van der Waals surface area (Å²) in [5, 5.41) is 0.447. The van der Waals surface area contributed by atoms with Gasteiger partial charge in [0.25, 0.3) is 0 Å². The van der Waals surface area contributed by atoms with E-state index in [9.17, 15) is 0 Å². The lowest BCUT2D eigenvalue weighted by Crippen LogP contribution is -2.33. The minimum atomic E-state index is 0.407. The van der Waals surface area contributed by atoms with Crippen LogP contribution in [0.2, 0.25) is 11.6 Å². The molecule has 0 saturated carbocycles. The van der Waals surface area contributed by atoms with E-state index in [1.54, 1.807) is 0 Å². The first-order chi connectivity index (χ1) is 6.43. The van der Waals surface area contributed by atoms with Gasteiger partial charge >= 0.3 is 0 Å². The van der Waals surface area contributed by atoms with Crippen LogP contribution in [0.15, 0.2) is 0 Å². The summed E-state index contributed by atoms with van der Waals surface area (Å²) in [7, 11) is 2.59. The van der Waals surface area contributed by atoms with Crippen LogP contribution in [0.4, 0.5) is 0 Å². The Morgan fingerprint density at radius 1 is 0.929 bits per heavy atom. The van der Waals surface area contributed by atoms with Gasteiger partial charge in [0.05, 0.1) is 0 Å². The van der Waals surface area contributed by atoms with Gasteiger partial charge in [-0.05, 0) is 5.41 Å². The van der Waals surface area contributed by atoms with Gasteiger partial charge in [-0.2, -0.15) is 0 Å². The van der Waals surface area contributed by atoms with Crippen LogP contribution < -0.4 is 0 Å². The van der Waals surface area contributed by atoms with Gasteiger partial charge in [0.15, 0.2) is 0 Å². The van der Waals surface area contributed by atoms with Crippen molar-refractivity contribution in [2.75, 3.05) is 0 Å². The highest BCUT2D eigenvalue weighted by Gasteiger charge is 2.37. The van der Waals surface area contributed by atoms with Crippen molar-refractivity contribution in [2.24, 2.45) is 5.41 Å². The van der Waals surface area contributed by atoms with E-state index in [0.29, 0.717) is 10.7 Å². The summed E-state index contributed by atoms with van der Waals surface area (Å²) in [6.45, 7) is 14.1. The molecule has 83 valence electrons. The normalized spacial score (nSPS) is 13.0. The smallest absolute Gasteiger partial charge is 0.0796 e. The van der Waals surface area contributed by atoms with Gasteiger partial charge in [-0.1, -0.05) is 78.9 Å². The van der Waals surface area contributed by atoms with Crippen molar-refractivity contribution in [3.05, 3.63) is 0 Å². The Morgan fingerprint density at radius 2 is 1.43 bits per heavy atom. The lowest BCUT2D eigenvalue weighted by Gasteiger charge is -2.44. The molecule has 14 heavy (non-hydrogen) atoms. The van der Waals surface area contributed by atoms with Gasteiger partial charge < -0.3 is 0 Å². The third-order valence-corrected chi connectivity index (χ3v) is 3.85. The molecular formula is C13H28B. The largest absolute Gasteiger partial charge is 0.118 e. The molecule has 0 aromatic carbocycles. The molecule has 0 heterocycles. The zero-order valence-corrected chi connectivity index (χ0v) is 11.1. The highest BCUT2D eigenvalue weighted by atomic mass is 14.4. The predicted octanol–water partition coefficient (Wildman–Crippen LogP) is 4.93. The Bertz CT molecular complexity index is 140. The maximum absolute atomic E-state index is 2.59. The van der Waals surface area contributed by atoms with Crippen molar-refractivity contribution in [1.29, 1.82) is 0 Å². The van der Waals surface area contributed by atoms with Crippen molar-refractivity contribution in [3.8, 4) is 0 Å². The van der Waals surface area contributed by atoms with Gasteiger partial charge in [0.2, 0.25) is 0 Å². The lowest BCUT2D eigenvalue weighted by molar-refractivity contribution is 0.242. The Morgan fingerprint density at radius 3 is 1.71 bits per heavy atom. The maximum Gasteiger partial charge on any atom is 0.118 e. The van der Waals surface area contributed by atoms with E-state index in [1.165, 1.54) is 32.0 Å². The number of rotatable bonds is 6. The fourth-order valence-corrected chi connectivity index (χ4v) is 2.49. The van der Waals surface area contributed by atoms with Crippen LogP contribution in [-0.2, 0) is 0 Å². The first kappa shape index (κ1) is 14.1. The molecule has 0 aliphatic carbocycles. The van der Waals surface area contributed by atoms with Crippen LogP contribution in [0, 0.1) is 5.41 Å². The van der Waals surface area contributed by atoms with Crippen LogP contribution in [0.1, 0.15) is 67.2 Å². The van der Waals surface area contributed by atoms with E-state index in [-0.39, 0.29) is 0 Å². The van der Waals surface area contributed by atoms with Crippen LogP contribution >= 0.6 is 0 Å². The fourth-order valence-electron chi connectivity index (χ4n) is 2.49. The molecule has 0 atom stereocenters. The molecule has 0 aromatic rings. The number of hydrogen-bond donors (Lipinski definition) is 0. The number of unbranched alkanes of at least 4 members (excludes halogenated alkanes) is 1. The molecule has 0 nitrogen and oxygen atoms in total. The van der Waals surface area contributed by atoms with Gasteiger partial charge in [0.1, 0.15) is 7.28 Å². The molecule has 0 amide bonds. The maximum atomic E-state index is 2.59. The summed E-state index contributed by atoms with van der Waals surface area (Å²) in [6, 6.07) is 0. The van der Waals surface area contributed by atoms with Crippen molar-refractivity contribution in [1.82, 2.24) is 0 Å². The molecule has 0 aliphatic heterocycles. The molecule has 0 spiro atoms. The highest BCUT2D eigenvalue weighted by molar-refractivity contribution is 6.40.